The van der Waals surface area contributed by atoms with Crippen LogP contribution in [0, 0.1) is 11.6 Å². The molecule has 0 aromatic heterocycles. The molecule has 5 nitrogen and oxygen atoms in total. The van der Waals surface area contributed by atoms with Gasteiger partial charge in [0, 0.05) is 11.8 Å². The van der Waals surface area contributed by atoms with Crippen molar-refractivity contribution in [2.45, 2.75) is 4.90 Å². The second kappa shape index (κ2) is 7.95. The van der Waals surface area contributed by atoms with Crippen molar-refractivity contribution in [1.82, 2.24) is 0 Å². The van der Waals surface area contributed by atoms with Crippen LogP contribution in [0.2, 0.25) is 5.02 Å². The summed E-state index contributed by atoms with van der Waals surface area (Å²) in [5, 5.41) is 2.37. The Morgan fingerprint density at radius 2 is 1.54 bits per heavy atom. The summed E-state index contributed by atoms with van der Waals surface area (Å²) in [6.07, 6.45) is 0. The van der Waals surface area contributed by atoms with Gasteiger partial charge in [0.05, 0.1) is 21.2 Å². The first-order valence-corrected chi connectivity index (χ1v) is 9.76. The molecule has 1 amide bonds. The predicted octanol–water partition coefficient (Wildman–Crippen LogP) is 4.67. The standard InChI is InChI=1S/C19H13ClF2N2O3S/c20-16-10-13(24-28(26,27)14-4-2-1-3-5-14)6-8-15(16)19(25)23-12-7-9-17(21)18(22)11-12/h1-11,24H,(H,23,25). The van der Waals surface area contributed by atoms with E-state index in [1.807, 2.05) is 0 Å². The molecular weight excluding hydrogens is 410 g/mol. The number of hydrogen-bond acceptors (Lipinski definition) is 3. The van der Waals surface area contributed by atoms with Crippen LogP contribution in [0.1, 0.15) is 10.4 Å². The zero-order valence-corrected chi connectivity index (χ0v) is 15.7. The summed E-state index contributed by atoms with van der Waals surface area (Å²) in [5.74, 6) is -2.80. The number of halogens is 3. The fraction of sp³-hybridized carbons (Fsp3) is 0. The summed E-state index contributed by atoms with van der Waals surface area (Å²) in [4.78, 5) is 12.4. The maximum absolute atomic E-state index is 13.2. The monoisotopic (exact) mass is 422 g/mol. The van der Waals surface area contributed by atoms with Crippen LogP contribution >= 0.6 is 11.6 Å². The second-order valence-electron chi connectivity index (χ2n) is 5.70. The molecule has 0 saturated carbocycles. The quantitative estimate of drug-likeness (QED) is 0.627. The lowest BCUT2D eigenvalue weighted by atomic mass is 10.2. The Morgan fingerprint density at radius 3 is 2.18 bits per heavy atom. The minimum Gasteiger partial charge on any atom is -0.322 e. The summed E-state index contributed by atoms with van der Waals surface area (Å²) < 4.78 is 53.2. The highest BCUT2D eigenvalue weighted by Crippen LogP contribution is 2.24. The first-order valence-electron chi connectivity index (χ1n) is 7.90. The second-order valence-corrected chi connectivity index (χ2v) is 7.79. The molecule has 0 bridgehead atoms. The third-order valence-electron chi connectivity index (χ3n) is 3.70. The lowest BCUT2D eigenvalue weighted by Crippen LogP contribution is -2.15. The smallest absolute Gasteiger partial charge is 0.261 e. The molecular formula is C19H13ClF2N2O3S. The van der Waals surface area contributed by atoms with E-state index in [0.29, 0.717) is 0 Å². The number of amides is 1. The van der Waals surface area contributed by atoms with Gasteiger partial charge in [-0.1, -0.05) is 29.8 Å². The maximum Gasteiger partial charge on any atom is 0.261 e. The molecule has 3 aromatic rings. The van der Waals surface area contributed by atoms with Gasteiger partial charge < -0.3 is 5.32 Å². The summed E-state index contributed by atoms with van der Waals surface area (Å²) >= 11 is 6.09. The molecule has 0 unspecified atom stereocenters. The molecule has 0 saturated heterocycles. The highest BCUT2D eigenvalue weighted by molar-refractivity contribution is 7.92. The van der Waals surface area contributed by atoms with Crippen molar-refractivity contribution >= 4 is 38.9 Å². The average Bonchev–Trinajstić information content (AvgIpc) is 2.65. The number of rotatable bonds is 5. The number of hydrogen-bond donors (Lipinski definition) is 2. The van der Waals surface area contributed by atoms with Crippen LogP contribution in [0.25, 0.3) is 0 Å². The molecule has 0 aliphatic rings. The van der Waals surface area contributed by atoms with E-state index in [4.69, 9.17) is 11.6 Å². The van der Waals surface area contributed by atoms with Gasteiger partial charge in [-0.2, -0.15) is 0 Å². The van der Waals surface area contributed by atoms with Crippen molar-refractivity contribution in [1.29, 1.82) is 0 Å². The number of nitrogens with one attached hydrogen (secondary N) is 2. The summed E-state index contributed by atoms with van der Waals surface area (Å²) in [5.41, 5.74) is 0.251. The Kier molecular flexibility index (Phi) is 5.62. The highest BCUT2D eigenvalue weighted by atomic mass is 35.5. The van der Waals surface area contributed by atoms with Crippen molar-refractivity contribution in [3.63, 3.8) is 0 Å². The normalized spacial score (nSPS) is 11.1. The number of sulfonamides is 1. The molecule has 3 aromatic carbocycles. The van der Waals surface area contributed by atoms with Crippen LogP contribution in [-0.4, -0.2) is 14.3 Å². The van der Waals surface area contributed by atoms with E-state index in [2.05, 4.69) is 10.0 Å². The lowest BCUT2D eigenvalue weighted by molar-refractivity contribution is 0.102. The number of benzene rings is 3. The van der Waals surface area contributed by atoms with E-state index in [1.54, 1.807) is 18.2 Å². The van der Waals surface area contributed by atoms with Gasteiger partial charge in [-0.25, -0.2) is 17.2 Å². The molecule has 0 fully saturated rings. The van der Waals surface area contributed by atoms with Gasteiger partial charge in [0.15, 0.2) is 11.6 Å². The molecule has 144 valence electrons. The lowest BCUT2D eigenvalue weighted by Gasteiger charge is -2.11. The minimum atomic E-state index is -3.81. The van der Waals surface area contributed by atoms with Crippen molar-refractivity contribution in [2.24, 2.45) is 0 Å². The third kappa shape index (κ3) is 4.47. The number of carbonyl (C=O) groups is 1. The zero-order chi connectivity index (χ0) is 20.3. The molecule has 0 radical (unpaired) electrons. The zero-order valence-electron chi connectivity index (χ0n) is 14.1. The van der Waals surface area contributed by atoms with Crippen molar-refractivity contribution in [3.8, 4) is 0 Å². The van der Waals surface area contributed by atoms with Crippen LogP contribution in [-0.2, 0) is 10.0 Å². The van der Waals surface area contributed by atoms with Gasteiger partial charge in [0.1, 0.15) is 0 Å². The van der Waals surface area contributed by atoms with E-state index in [1.165, 1.54) is 36.4 Å². The molecule has 0 aliphatic heterocycles. The topological polar surface area (TPSA) is 75.3 Å². The van der Waals surface area contributed by atoms with E-state index in [-0.39, 0.29) is 26.9 Å². The van der Waals surface area contributed by atoms with Gasteiger partial charge in [-0.05, 0) is 42.5 Å². The van der Waals surface area contributed by atoms with Crippen molar-refractivity contribution in [3.05, 3.63) is 89.0 Å². The Bertz CT molecular complexity index is 1140. The van der Waals surface area contributed by atoms with Crippen molar-refractivity contribution < 1.29 is 22.0 Å². The third-order valence-corrected chi connectivity index (χ3v) is 5.41. The first kappa shape index (κ1) is 19.8. The van der Waals surface area contributed by atoms with E-state index in [0.717, 1.165) is 12.1 Å². The molecule has 28 heavy (non-hydrogen) atoms. The van der Waals surface area contributed by atoms with Crippen molar-refractivity contribution in [2.75, 3.05) is 10.0 Å². The van der Waals surface area contributed by atoms with E-state index < -0.39 is 27.6 Å². The number of carbonyl (C=O) groups excluding carboxylic acids is 1. The Balaban J connectivity index is 1.78. The van der Waals surface area contributed by atoms with Crippen LogP contribution in [0.5, 0.6) is 0 Å². The predicted molar refractivity (Wildman–Crippen MR) is 103 cm³/mol. The van der Waals surface area contributed by atoms with E-state index in [9.17, 15) is 22.0 Å². The molecule has 0 aliphatic carbocycles. The first-order chi connectivity index (χ1) is 13.3. The molecule has 0 heterocycles. The molecule has 9 heteroatoms. The highest BCUT2D eigenvalue weighted by Gasteiger charge is 2.16. The van der Waals surface area contributed by atoms with E-state index >= 15 is 0 Å². The Morgan fingerprint density at radius 1 is 0.857 bits per heavy atom. The fourth-order valence-electron chi connectivity index (χ4n) is 2.35. The fourth-order valence-corrected chi connectivity index (χ4v) is 3.69. The van der Waals surface area contributed by atoms with Gasteiger partial charge in [-0.15, -0.1) is 0 Å². The summed E-state index contributed by atoms with van der Waals surface area (Å²) in [6, 6.07) is 14.6. The molecule has 2 N–H and O–H groups in total. The van der Waals surface area contributed by atoms with Crippen LogP contribution < -0.4 is 10.0 Å². The Labute approximate surface area is 165 Å². The SMILES string of the molecule is O=C(Nc1ccc(F)c(F)c1)c1ccc(NS(=O)(=O)c2ccccc2)cc1Cl. The maximum atomic E-state index is 13.2. The Hall–Kier alpha value is -2.97. The number of anilines is 2. The van der Waals surface area contributed by atoms with Crippen LogP contribution in [0.4, 0.5) is 20.2 Å². The summed E-state index contributed by atoms with van der Waals surface area (Å²) in [7, 11) is -3.81. The summed E-state index contributed by atoms with van der Waals surface area (Å²) in [6.45, 7) is 0. The molecule has 3 rings (SSSR count). The molecule has 0 spiro atoms. The largest absolute Gasteiger partial charge is 0.322 e. The van der Waals surface area contributed by atoms with Crippen LogP contribution in [0.3, 0.4) is 0 Å². The van der Waals surface area contributed by atoms with Gasteiger partial charge in [-0.3, -0.25) is 9.52 Å². The minimum absolute atomic E-state index is 0.0201. The van der Waals surface area contributed by atoms with Crippen LogP contribution in [0.15, 0.2) is 71.6 Å². The molecule has 0 atom stereocenters. The average molecular weight is 423 g/mol. The van der Waals surface area contributed by atoms with Gasteiger partial charge in [0.25, 0.3) is 15.9 Å². The van der Waals surface area contributed by atoms with Gasteiger partial charge in [0.2, 0.25) is 0 Å². The van der Waals surface area contributed by atoms with Gasteiger partial charge >= 0.3 is 0 Å².